The van der Waals surface area contributed by atoms with Gasteiger partial charge in [-0.25, -0.2) is 0 Å². The fraction of sp³-hybridized carbons (Fsp3) is 0.429. The predicted octanol–water partition coefficient (Wildman–Crippen LogP) is 3.61. The van der Waals surface area contributed by atoms with Crippen molar-refractivity contribution in [1.82, 2.24) is 10.2 Å². The Bertz CT molecular complexity index is 865. The first-order valence-electron chi connectivity index (χ1n) is 9.77. The Kier molecular flexibility index (Phi) is 7.66. The maximum Gasteiger partial charge on any atom is 0.303 e. The van der Waals surface area contributed by atoms with Gasteiger partial charge in [-0.1, -0.05) is 36.4 Å². The fourth-order valence-corrected chi connectivity index (χ4v) is 3.13. The van der Waals surface area contributed by atoms with Crippen LogP contribution in [0.5, 0.6) is 0 Å². The van der Waals surface area contributed by atoms with Crippen molar-refractivity contribution in [1.29, 1.82) is 0 Å². The summed E-state index contributed by atoms with van der Waals surface area (Å²) in [5, 5.41) is 23.1. The van der Waals surface area contributed by atoms with Crippen LogP contribution in [0.15, 0.2) is 47.7 Å². The standard InChI is InChI=1S/C21H26N4O4/c1-15-28-14-17(9-4-2-3-5-11-20(26)27)19(29-15)13-23-25-21-18-10-7-6-8-16(18)12-22-24-21/h2,4,6-8,10,12-13,15,17,19H,3,5,9,11,14H2,1H3,(H,24,25)(H,26,27)/b4-2-,23-13?/t15-,17+,19+/m1/s1. The van der Waals surface area contributed by atoms with Crippen molar-refractivity contribution in [2.75, 3.05) is 12.0 Å². The summed E-state index contributed by atoms with van der Waals surface area (Å²) >= 11 is 0. The average Bonchev–Trinajstić information content (AvgIpc) is 2.72. The summed E-state index contributed by atoms with van der Waals surface area (Å²) in [5.41, 5.74) is 2.97. The molecule has 0 aliphatic carbocycles. The first-order chi connectivity index (χ1) is 14.1. The second kappa shape index (κ2) is 10.6. The molecule has 2 N–H and O–H groups in total. The van der Waals surface area contributed by atoms with Crippen LogP contribution in [0.25, 0.3) is 10.8 Å². The Morgan fingerprint density at radius 1 is 1.38 bits per heavy atom. The molecule has 0 spiro atoms. The molecule has 1 fully saturated rings. The molecule has 1 saturated heterocycles. The number of nitrogens with zero attached hydrogens (tertiary/aromatic N) is 3. The molecule has 29 heavy (non-hydrogen) atoms. The summed E-state index contributed by atoms with van der Waals surface area (Å²) < 4.78 is 11.5. The van der Waals surface area contributed by atoms with E-state index in [1.165, 1.54) is 0 Å². The van der Waals surface area contributed by atoms with Crippen LogP contribution >= 0.6 is 0 Å². The number of carboxylic acid groups (broad SMARTS) is 1. The highest BCUT2D eigenvalue weighted by atomic mass is 16.7. The highest BCUT2D eigenvalue weighted by molar-refractivity contribution is 5.90. The number of rotatable bonds is 9. The van der Waals surface area contributed by atoms with Crippen molar-refractivity contribution in [3.05, 3.63) is 42.6 Å². The molecule has 1 aromatic carbocycles. The summed E-state index contributed by atoms with van der Waals surface area (Å²) in [4.78, 5) is 10.5. The smallest absolute Gasteiger partial charge is 0.303 e. The van der Waals surface area contributed by atoms with Crippen LogP contribution in [0.3, 0.4) is 0 Å². The van der Waals surface area contributed by atoms with Gasteiger partial charge in [0.05, 0.1) is 19.0 Å². The third-order valence-corrected chi connectivity index (χ3v) is 4.69. The molecular formula is C21H26N4O4. The molecule has 3 atom stereocenters. The second-order valence-corrected chi connectivity index (χ2v) is 6.93. The summed E-state index contributed by atoms with van der Waals surface area (Å²) in [7, 11) is 0. The average molecular weight is 398 g/mol. The third kappa shape index (κ3) is 6.33. The molecule has 1 aliphatic heterocycles. The summed E-state index contributed by atoms with van der Waals surface area (Å²) in [6.45, 7) is 2.44. The number of anilines is 1. The summed E-state index contributed by atoms with van der Waals surface area (Å²) in [5.74, 6) is -0.0402. The molecule has 3 rings (SSSR count). The Morgan fingerprint density at radius 3 is 3.10 bits per heavy atom. The minimum absolute atomic E-state index is 0.131. The molecule has 0 amide bonds. The zero-order valence-corrected chi connectivity index (χ0v) is 16.4. The number of aromatic nitrogens is 2. The lowest BCUT2D eigenvalue weighted by atomic mass is 9.98. The van der Waals surface area contributed by atoms with Gasteiger partial charge >= 0.3 is 5.97 Å². The van der Waals surface area contributed by atoms with Crippen LogP contribution in [0.1, 0.15) is 32.6 Å². The number of nitrogens with one attached hydrogen (secondary N) is 1. The van der Waals surface area contributed by atoms with E-state index in [9.17, 15) is 4.79 Å². The van der Waals surface area contributed by atoms with E-state index in [2.05, 4.69) is 26.8 Å². The number of hydrogen-bond acceptors (Lipinski definition) is 7. The fourth-order valence-electron chi connectivity index (χ4n) is 3.13. The van der Waals surface area contributed by atoms with E-state index in [4.69, 9.17) is 14.6 Å². The number of benzene rings is 1. The van der Waals surface area contributed by atoms with Gasteiger partial charge in [0.15, 0.2) is 12.1 Å². The van der Waals surface area contributed by atoms with Crippen molar-refractivity contribution in [3.63, 3.8) is 0 Å². The van der Waals surface area contributed by atoms with Gasteiger partial charge in [0.25, 0.3) is 0 Å². The van der Waals surface area contributed by atoms with Crippen LogP contribution in [-0.4, -0.2) is 46.5 Å². The lowest BCUT2D eigenvalue weighted by molar-refractivity contribution is -0.206. The Morgan fingerprint density at radius 2 is 2.24 bits per heavy atom. The number of aliphatic carboxylic acids is 1. The largest absolute Gasteiger partial charge is 0.481 e. The molecular weight excluding hydrogens is 372 g/mol. The van der Waals surface area contributed by atoms with E-state index in [1.54, 1.807) is 12.4 Å². The van der Waals surface area contributed by atoms with Crippen LogP contribution in [0.2, 0.25) is 0 Å². The number of ether oxygens (including phenoxy) is 2. The Hall–Kier alpha value is -2.84. The minimum atomic E-state index is -0.763. The zero-order chi connectivity index (χ0) is 20.5. The maximum atomic E-state index is 10.5. The summed E-state index contributed by atoms with van der Waals surface area (Å²) in [6, 6.07) is 7.84. The van der Waals surface area contributed by atoms with Gasteiger partial charge in [-0.15, -0.1) is 5.10 Å². The Balaban J connectivity index is 1.57. The molecule has 0 unspecified atom stereocenters. The summed E-state index contributed by atoms with van der Waals surface area (Å²) in [6.07, 6.45) is 9.38. The van der Waals surface area contributed by atoms with Crippen LogP contribution in [0.4, 0.5) is 5.82 Å². The van der Waals surface area contributed by atoms with Gasteiger partial charge in [-0.3, -0.25) is 10.2 Å². The first-order valence-corrected chi connectivity index (χ1v) is 9.77. The quantitative estimate of drug-likeness (QED) is 0.288. The van der Waals surface area contributed by atoms with Gasteiger partial charge in [-0.2, -0.15) is 10.2 Å². The van der Waals surface area contributed by atoms with E-state index in [0.717, 1.165) is 23.6 Å². The molecule has 0 radical (unpaired) electrons. The number of carbonyl (C=O) groups is 1. The van der Waals surface area contributed by atoms with Crippen molar-refractivity contribution >= 4 is 28.8 Å². The van der Waals surface area contributed by atoms with Gasteiger partial charge in [0.1, 0.15) is 6.10 Å². The topological polar surface area (TPSA) is 106 Å². The molecule has 2 aromatic rings. The molecule has 1 aliphatic rings. The van der Waals surface area contributed by atoms with Gasteiger partial charge in [0.2, 0.25) is 0 Å². The highest BCUT2D eigenvalue weighted by Crippen LogP contribution is 2.22. The van der Waals surface area contributed by atoms with Crippen LogP contribution in [0, 0.1) is 5.92 Å². The predicted molar refractivity (Wildman–Crippen MR) is 111 cm³/mol. The lowest BCUT2D eigenvalue weighted by Gasteiger charge is -2.32. The van der Waals surface area contributed by atoms with Gasteiger partial charge < -0.3 is 14.6 Å². The second-order valence-electron chi connectivity index (χ2n) is 6.93. The van der Waals surface area contributed by atoms with Gasteiger partial charge in [-0.05, 0) is 26.2 Å². The number of allylic oxidation sites excluding steroid dienone is 2. The number of unbranched alkanes of at least 4 members (excludes halogenated alkanes) is 1. The normalized spacial score (nSPS) is 22.4. The van der Waals surface area contributed by atoms with Crippen LogP contribution in [-0.2, 0) is 14.3 Å². The van der Waals surface area contributed by atoms with Crippen molar-refractivity contribution < 1.29 is 19.4 Å². The lowest BCUT2D eigenvalue weighted by Crippen LogP contribution is -2.39. The highest BCUT2D eigenvalue weighted by Gasteiger charge is 2.28. The zero-order valence-electron chi connectivity index (χ0n) is 16.4. The third-order valence-electron chi connectivity index (χ3n) is 4.69. The van der Waals surface area contributed by atoms with E-state index in [-0.39, 0.29) is 24.7 Å². The SMILES string of the molecule is C[C@@H]1OC[C@H](C/C=C\CCCC(=O)O)[C@H](C=NNc2nncc3ccccc23)O1. The molecule has 2 heterocycles. The number of fused-ring (bicyclic) bond motifs is 1. The van der Waals surface area contributed by atoms with E-state index in [1.807, 2.05) is 37.3 Å². The van der Waals surface area contributed by atoms with E-state index in [0.29, 0.717) is 18.8 Å². The number of hydrazone groups is 1. The van der Waals surface area contributed by atoms with Crippen molar-refractivity contribution in [2.24, 2.45) is 11.0 Å². The minimum Gasteiger partial charge on any atom is -0.481 e. The first kappa shape index (κ1) is 20.9. The molecule has 154 valence electrons. The molecule has 0 saturated carbocycles. The molecule has 8 heteroatoms. The molecule has 1 aromatic heterocycles. The molecule has 0 bridgehead atoms. The maximum absolute atomic E-state index is 10.5. The van der Waals surface area contributed by atoms with E-state index < -0.39 is 5.97 Å². The van der Waals surface area contributed by atoms with Crippen molar-refractivity contribution in [2.45, 2.75) is 45.0 Å². The monoisotopic (exact) mass is 398 g/mol. The van der Waals surface area contributed by atoms with E-state index >= 15 is 0 Å². The van der Waals surface area contributed by atoms with Gasteiger partial charge in [0, 0.05) is 23.1 Å². The number of hydrogen-bond donors (Lipinski definition) is 2. The van der Waals surface area contributed by atoms with Crippen molar-refractivity contribution in [3.8, 4) is 0 Å². The van der Waals surface area contributed by atoms with Crippen LogP contribution < -0.4 is 5.43 Å². The molecule has 8 nitrogen and oxygen atoms in total. The number of carboxylic acids is 1. The Labute approximate surface area is 169 Å².